The van der Waals surface area contributed by atoms with Gasteiger partial charge < -0.3 is 14.4 Å². The van der Waals surface area contributed by atoms with E-state index >= 15 is 0 Å². The van der Waals surface area contributed by atoms with Crippen molar-refractivity contribution >= 4 is 137 Å². The molecule has 15 aromatic carbocycles. The summed E-state index contributed by atoms with van der Waals surface area (Å²) in [5, 5.41) is 13.2. The van der Waals surface area contributed by atoms with Gasteiger partial charge in [0.25, 0.3) is 6.71 Å². The van der Waals surface area contributed by atoms with Crippen molar-refractivity contribution in [1.82, 2.24) is 4.57 Å². The van der Waals surface area contributed by atoms with Gasteiger partial charge in [-0.2, -0.15) is 0 Å². The fraction of sp³-hybridized carbons (Fsp3) is 0. The number of rotatable bonds is 13. The lowest BCUT2D eigenvalue weighted by Gasteiger charge is -2.45. The van der Waals surface area contributed by atoms with E-state index in [2.05, 4.69) is 403 Å². The Kier molecular flexibility index (Phi) is 14.0. The third kappa shape index (κ3) is 9.09. The van der Waals surface area contributed by atoms with Crippen LogP contribution in [0.1, 0.15) is 0 Å². The van der Waals surface area contributed by atoms with Gasteiger partial charge in [-0.1, -0.05) is 328 Å². The van der Waals surface area contributed by atoms with Crippen LogP contribution in [0.4, 0.5) is 34.1 Å². The maximum atomic E-state index is 2.61. The number of para-hydroxylation sites is 2. The molecule has 1 aromatic heterocycles. The van der Waals surface area contributed by atoms with Crippen LogP contribution >= 0.6 is 0 Å². The Bertz CT molecular complexity index is 4970. The largest absolute Gasteiger partial charge is 0.311 e. The number of benzene rings is 15. The molecule has 6 heteroatoms. The lowest BCUT2D eigenvalue weighted by molar-refractivity contribution is 1.16. The molecular weight excluding hydrogens is 1190 g/mol. The maximum absolute atomic E-state index is 2.90. The summed E-state index contributed by atoms with van der Waals surface area (Å²) in [5.74, 6) is 0. The molecule has 0 N–H and O–H groups in total. The van der Waals surface area contributed by atoms with Crippen molar-refractivity contribution in [2.75, 3.05) is 9.80 Å². The number of aromatic nitrogens is 1. The average Bonchev–Trinajstić information content (AvgIpc) is 0.813. The van der Waals surface area contributed by atoms with E-state index in [1.807, 2.05) is 0 Å². The van der Waals surface area contributed by atoms with E-state index in [-0.39, 0.29) is 6.71 Å². The number of anilines is 6. The van der Waals surface area contributed by atoms with Gasteiger partial charge in [-0.25, -0.2) is 0 Å². The second-order valence-corrected chi connectivity index (χ2v) is 33.1. The Balaban J connectivity index is 0.930. The Morgan fingerprint density at radius 3 is 0.812 bits per heavy atom. The number of nitrogens with zero attached hydrogens (tertiary/aromatic N) is 3. The van der Waals surface area contributed by atoms with Gasteiger partial charge in [-0.15, -0.1) is 0 Å². The fourth-order valence-electron chi connectivity index (χ4n) is 16.3. The minimum Gasteiger partial charge on any atom is -0.311 e. The third-order valence-electron chi connectivity index (χ3n) is 20.5. The van der Waals surface area contributed by atoms with Gasteiger partial charge in [-0.3, -0.25) is 0 Å². The molecule has 3 heterocycles. The second kappa shape index (κ2) is 23.6. The van der Waals surface area contributed by atoms with Crippen LogP contribution in [0.15, 0.2) is 388 Å². The van der Waals surface area contributed by atoms with Crippen molar-refractivity contribution < 1.29 is 0 Å². The standard InChI is InChI=1S/C90H64BN3Si2/c1-9-29-65(30-10-1)67-49-59-82-86(61-67)92(69-51-55-78(56-52-69)95(72-33-13-3-14-34-72,73-35-15-4-16-36-73)74-37-17-5-18-38-74)88-63-71(94-84-47-27-25-45-80(84)81-46-26-28-48-85(81)94)64-89-90(88)91(82)83-60-50-68(66-31-11-2-12-32-66)62-87(83)93(89)70-53-57-79(58-54-70)96(75-39-19-6-20-40-75,76-41-21-7-22-42-76)77-43-23-8-24-44-77/h1-64H. The van der Waals surface area contributed by atoms with E-state index in [9.17, 15) is 0 Å². The third-order valence-corrected chi connectivity index (χ3v) is 30.1. The molecule has 0 fully saturated rings. The molecule has 0 radical (unpaired) electrons. The van der Waals surface area contributed by atoms with E-state index in [4.69, 9.17) is 0 Å². The molecule has 0 saturated heterocycles. The van der Waals surface area contributed by atoms with E-state index in [0.29, 0.717) is 0 Å². The molecule has 0 saturated carbocycles. The summed E-state index contributed by atoms with van der Waals surface area (Å²) in [5.41, 5.74) is 18.6. The van der Waals surface area contributed by atoms with Crippen molar-refractivity contribution in [1.29, 1.82) is 0 Å². The topological polar surface area (TPSA) is 11.4 Å². The molecule has 16 aromatic rings. The average molecular weight is 1250 g/mol. The molecule has 0 atom stereocenters. The zero-order chi connectivity index (χ0) is 63.6. The predicted molar refractivity (Wildman–Crippen MR) is 413 cm³/mol. The van der Waals surface area contributed by atoms with E-state index in [0.717, 1.165) is 50.8 Å². The predicted octanol–water partition coefficient (Wildman–Crippen LogP) is 15.0. The van der Waals surface area contributed by atoms with E-state index in [1.54, 1.807) is 0 Å². The molecule has 2 aliphatic heterocycles. The summed E-state index contributed by atoms with van der Waals surface area (Å²) in [6.07, 6.45) is 0. The van der Waals surface area contributed by atoms with Crippen molar-refractivity contribution in [3.8, 4) is 27.9 Å². The van der Waals surface area contributed by atoms with Gasteiger partial charge in [0.2, 0.25) is 0 Å². The maximum Gasteiger partial charge on any atom is 0.252 e. The van der Waals surface area contributed by atoms with Gasteiger partial charge >= 0.3 is 0 Å². The highest BCUT2D eigenvalue weighted by molar-refractivity contribution is 7.20. The number of hydrogen-bond acceptors (Lipinski definition) is 2. The Hall–Kier alpha value is -11.8. The van der Waals surface area contributed by atoms with Crippen LogP contribution in [0.25, 0.3) is 49.7 Å². The minimum atomic E-state index is -2.90. The van der Waals surface area contributed by atoms with Gasteiger partial charge in [0.1, 0.15) is 0 Å². The molecule has 0 amide bonds. The number of hydrogen-bond donors (Lipinski definition) is 0. The first-order valence-corrected chi connectivity index (χ1v) is 37.3. The second-order valence-electron chi connectivity index (χ2n) is 25.4. The van der Waals surface area contributed by atoms with Gasteiger partial charge in [0.05, 0.1) is 16.7 Å². The lowest BCUT2D eigenvalue weighted by Crippen LogP contribution is -2.74. The van der Waals surface area contributed by atoms with Crippen LogP contribution in [-0.2, 0) is 0 Å². The molecule has 96 heavy (non-hydrogen) atoms. The molecule has 0 bridgehead atoms. The summed E-state index contributed by atoms with van der Waals surface area (Å²) in [6, 6.07) is 146. The zero-order valence-electron chi connectivity index (χ0n) is 52.9. The van der Waals surface area contributed by atoms with Crippen molar-refractivity contribution in [2.45, 2.75) is 0 Å². The van der Waals surface area contributed by atoms with E-state index in [1.165, 1.54) is 90.9 Å². The molecule has 450 valence electrons. The lowest BCUT2D eigenvalue weighted by atomic mass is 9.33. The molecule has 0 unspecified atom stereocenters. The SMILES string of the molecule is c1ccc(-c2ccc3c(c2)N(c2ccc([Si](c4ccccc4)(c4ccccc4)c4ccccc4)cc2)c2cc(-n4c5ccccc5c5ccccc54)cc4c2B3c2ccc(-c3ccccc3)cc2N4c2ccc([Si](c3ccccc3)(c3ccccc3)c3ccccc3)cc2)cc1. The van der Waals surface area contributed by atoms with Gasteiger partial charge in [-0.05, 0) is 141 Å². The van der Waals surface area contributed by atoms with Crippen molar-refractivity contribution in [2.24, 2.45) is 0 Å². The first kappa shape index (κ1) is 56.9. The van der Waals surface area contributed by atoms with Crippen LogP contribution in [0.2, 0.25) is 0 Å². The van der Waals surface area contributed by atoms with Crippen LogP contribution in [0.5, 0.6) is 0 Å². The molecule has 0 spiro atoms. The summed E-state index contributed by atoms with van der Waals surface area (Å²) in [7, 11) is -5.80. The molecule has 2 aliphatic rings. The first-order chi connectivity index (χ1) is 47.6. The quantitative estimate of drug-likeness (QED) is 0.0842. The molecular formula is C90H64BN3Si2. The van der Waals surface area contributed by atoms with Crippen LogP contribution in [0, 0.1) is 0 Å². The van der Waals surface area contributed by atoms with Crippen LogP contribution < -0.4 is 67.7 Å². The number of fused-ring (bicyclic) bond motifs is 7. The summed E-state index contributed by atoms with van der Waals surface area (Å²) >= 11 is 0. The van der Waals surface area contributed by atoms with Gasteiger partial charge in [0.15, 0.2) is 16.1 Å². The normalized spacial score (nSPS) is 12.5. The highest BCUT2D eigenvalue weighted by Crippen LogP contribution is 2.47. The Labute approximate surface area is 563 Å². The fourth-order valence-corrected chi connectivity index (χ4v) is 25.8. The van der Waals surface area contributed by atoms with Crippen molar-refractivity contribution in [3.05, 3.63) is 388 Å². The highest BCUT2D eigenvalue weighted by atomic mass is 28.3. The van der Waals surface area contributed by atoms with Crippen LogP contribution in [0.3, 0.4) is 0 Å². The Morgan fingerprint density at radius 1 is 0.208 bits per heavy atom. The zero-order valence-corrected chi connectivity index (χ0v) is 54.9. The molecule has 3 nitrogen and oxygen atoms in total. The summed E-state index contributed by atoms with van der Waals surface area (Å²) in [4.78, 5) is 5.22. The smallest absolute Gasteiger partial charge is 0.252 e. The highest BCUT2D eigenvalue weighted by Gasteiger charge is 2.47. The first-order valence-electron chi connectivity index (χ1n) is 33.3. The van der Waals surface area contributed by atoms with Crippen molar-refractivity contribution in [3.63, 3.8) is 0 Å². The molecule has 0 aliphatic carbocycles. The summed E-state index contributed by atoms with van der Waals surface area (Å²) < 4.78 is 2.52. The molecule has 18 rings (SSSR count). The Morgan fingerprint density at radius 2 is 0.490 bits per heavy atom. The van der Waals surface area contributed by atoms with Gasteiger partial charge in [0, 0.05) is 44.9 Å². The minimum absolute atomic E-state index is 0.142. The monoisotopic (exact) mass is 1250 g/mol. The van der Waals surface area contributed by atoms with Crippen LogP contribution in [-0.4, -0.2) is 27.4 Å². The van der Waals surface area contributed by atoms with E-state index < -0.39 is 16.1 Å². The summed E-state index contributed by atoms with van der Waals surface area (Å²) in [6.45, 7) is -0.142.